The molecule has 2 heterocycles. The van der Waals surface area contributed by atoms with E-state index in [1.807, 2.05) is 0 Å². The van der Waals surface area contributed by atoms with Crippen LogP contribution in [0.25, 0.3) is 0 Å². The third-order valence-corrected chi connectivity index (χ3v) is 5.83. The number of ether oxygens (including phenoxy) is 4. The number of carbonyl (C=O) groups is 2. The van der Waals surface area contributed by atoms with E-state index in [0.29, 0.717) is 0 Å². The lowest BCUT2D eigenvalue weighted by atomic mass is 9.92. The molecule has 0 amide bonds. The maximum Gasteiger partial charge on any atom is 0.302 e. The zero-order chi connectivity index (χ0) is 26.3. The van der Waals surface area contributed by atoms with Gasteiger partial charge in [-0.25, -0.2) is 0 Å². The molecule has 7 atom stereocenters. The van der Waals surface area contributed by atoms with Gasteiger partial charge in [0.05, 0.1) is 0 Å². The molecule has 0 aromatic heterocycles. The van der Waals surface area contributed by atoms with Crippen LogP contribution in [-0.2, 0) is 19.0 Å². The lowest BCUT2D eigenvalue weighted by molar-refractivity contribution is -0.312. The molecule has 2 unspecified atom stereocenters. The van der Waals surface area contributed by atoms with Gasteiger partial charge in [-0.05, 0) is 17.7 Å². The quantitative estimate of drug-likeness (QED) is 0.202. The Hall–Kier alpha value is -3.62. The first-order valence-electron chi connectivity index (χ1n) is 10.7. The van der Waals surface area contributed by atoms with E-state index in [9.17, 15) is 45.3 Å². The van der Waals surface area contributed by atoms with Crippen LogP contribution in [0.1, 0.15) is 28.9 Å². The predicted octanol–water partition coefficient (Wildman–Crippen LogP) is -0.419. The molecule has 13 heteroatoms. The van der Waals surface area contributed by atoms with E-state index in [1.54, 1.807) is 0 Å². The van der Waals surface area contributed by atoms with Crippen molar-refractivity contribution in [2.75, 3.05) is 6.61 Å². The summed E-state index contributed by atoms with van der Waals surface area (Å²) in [5, 5.41) is 70.7. The normalized spacial score (nSPS) is 29.8. The number of carbonyl (C=O) groups excluding carboxylic acids is 2. The van der Waals surface area contributed by atoms with Gasteiger partial charge >= 0.3 is 5.97 Å². The van der Waals surface area contributed by atoms with Gasteiger partial charge in [0.25, 0.3) is 0 Å². The first-order valence-corrected chi connectivity index (χ1v) is 10.7. The number of ketones is 1. The van der Waals surface area contributed by atoms with E-state index in [-0.39, 0.29) is 16.9 Å². The lowest BCUT2D eigenvalue weighted by Gasteiger charge is -2.42. The summed E-state index contributed by atoms with van der Waals surface area (Å²) in [6.07, 6.45) is -11.4. The summed E-state index contributed by atoms with van der Waals surface area (Å²) in [4.78, 5) is 24.6. The predicted molar refractivity (Wildman–Crippen MR) is 115 cm³/mol. The molecule has 4 rings (SSSR count). The van der Waals surface area contributed by atoms with Crippen molar-refractivity contribution in [2.45, 2.75) is 49.8 Å². The molecule has 1 fully saturated rings. The minimum atomic E-state index is -1.86. The molecule has 0 bridgehead atoms. The average molecular weight is 508 g/mol. The molecule has 0 radical (unpaired) electrons. The molecule has 2 aromatic rings. The van der Waals surface area contributed by atoms with Gasteiger partial charge in [-0.1, -0.05) is 6.07 Å². The number of aromatic hydroxyl groups is 4. The highest BCUT2D eigenvalue weighted by Gasteiger charge is 2.49. The molecular weight excluding hydrogens is 484 g/mol. The number of hydrogen-bond acceptors (Lipinski definition) is 13. The van der Waals surface area contributed by atoms with Gasteiger partial charge < -0.3 is 54.7 Å². The maximum absolute atomic E-state index is 13.4. The molecule has 0 saturated carbocycles. The Morgan fingerprint density at radius 2 is 1.67 bits per heavy atom. The first-order chi connectivity index (χ1) is 17.0. The van der Waals surface area contributed by atoms with Crippen LogP contribution in [0.15, 0.2) is 30.3 Å². The number of aliphatic hydroxyl groups is 3. The van der Waals surface area contributed by atoms with Crippen molar-refractivity contribution in [2.24, 2.45) is 0 Å². The number of aliphatic hydroxyl groups excluding tert-OH is 3. The molecule has 0 spiro atoms. The van der Waals surface area contributed by atoms with Crippen molar-refractivity contribution in [3.05, 3.63) is 41.5 Å². The van der Waals surface area contributed by atoms with Gasteiger partial charge in [-0.3, -0.25) is 9.59 Å². The Balaban J connectivity index is 1.70. The van der Waals surface area contributed by atoms with Crippen molar-refractivity contribution < 1.29 is 64.3 Å². The second kappa shape index (κ2) is 9.79. The Morgan fingerprint density at radius 3 is 2.33 bits per heavy atom. The highest BCUT2D eigenvalue weighted by Crippen LogP contribution is 2.44. The molecule has 194 valence electrons. The first kappa shape index (κ1) is 25.5. The summed E-state index contributed by atoms with van der Waals surface area (Å²) in [5.41, 5.74) is -0.223. The zero-order valence-electron chi connectivity index (χ0n) is 18.7. The number of phenols is 4. The largest absolute Gasteiger partial charge is 0.508 e. The van der Waals surface area contributed by atoms with Crippen molar-refractivity contribution in [1.29, 1.82) is 0 Å². The fourth-order valence-electron chi connectivity index (χ4n) is 4.01. The Kier molecular flexibility index (Phi) is 6.93. The highest BCUT2D eigenvalue weighted by molar-refractivity contribution is 6.05. The third-order valence-electron chi connectivity index (χ3n) is 5.83. The number of Topliss-reactive ketones (excluding diaryl/α,β-unsaturated/α-hetero) is 1. The summed E-state index contributed by atoms with van der Waals surface area (Å²) in [7, 11) is 0. The van der Waals surface area contributed by atoms with Crippen LogP contribution in [0.4, 0.5) is 0 Å². The van der Waals surface area contributed by atoms with Crippen LogP contribution in [-0.4, -0.2) is 90.9 Å². The van der Waals surface area contributed by atoms with E-state index in [1.165, 1.54) is 6.07 Å². The minimum Gasteiger partial charge on any atom is -0.508 e. The van der Waals surface area contributed by atoms with Crippen LogP contribution in [0.2, 0.25) is 0 Å². The Labute approximate surface area is 203 Å². The van der Waals surface area contributed by atoms with E-state index in [0.717, 1.165) is 31.2 Å². The highest BCUT2D eigenvalue weighted by atomic mass is 16.7. The number of benzene rings is 2. The SMILES string of the molecule is CC(=O)OC[C@H]1O[C@@H](OC2C(=O)c3c(O)cc(O)cc3OC2c2ccc(O)c(O)c2)[C@H](O)[C@@H](O)[C@@H]1O. The topological polar surface area (TPSA) is 213 Å². The van der Waals surface area contributed by atoms with Crippen LogP contribution in [0, 0.1) is 0 Å². The molecule has 7 N–H and O–H groups in total. The fraction of sp³-hybridized carbons (Fsp3) is 0.391. The molecule has 36 heavy (non-hydrogen) atoms. The van der Waals surface area contributed by atoms with E-state index in [2.05, 4.69) is 0 Å². The van der Waals surface area contributed by atoms with Gasteiger partial charge in [-0.15, -0.1) is 0 Å². The van der Waals surface area contributed by atoms with Crippen LogP contribution < -0.4 is 4.74 Å². The van der Waals surface area contributed by atoms with E-state index >= 15 is 0 Å². The summed E-state index contributed by atoms with van der Waals surface area (Å²) >= 11 is 0. The fourth-order valence-corrected chi connectivity index (χ4v) is 4.01. The number of esters is 1. The van der Waals surface area contributed by atoms with Crippen LogP contribution >= 0.6 is 0 Å². The van der Waals surface area contributed by atoms with Crippen LogP contribution in [0.3, 0.4) is 0 Å². The average Bonchev–Trinajstić information content (AvgIpc) is 2.81. The molecule has 1 saturated heterocycles. The molecule has 0 aliphatic carbocycles. The maximum atomic E-state index is 13.4. The smallest absolute Gasteiger partial charge is 0.302 e. The Morgan fingerprint density at radius 1 is 0.944 bits per heavy atom. The van der Waals surface area contributed by atoms with Gasteiger partial charge in [0.2, 0.25) is 5.78 Å². The summed E-state index contributed by atoms with van der Waals surface area (Å²) in [6, 6.07) is 5.53. The molecule has 2 aromatic carbocycles. The van der Waals surface area contributed by atoms with Gasteiger partial charge in [0, 0.05) is 19.1 Å². The number of phenolic OH excluding ortho intramolecular Hbond substituents is 4. The summed E-state index contributed by atoms with van der Waals surface area (Å²) in [6.45, 7) is 0.624. The van der Waals surface area contributed by atoms with Crippen molar-refractivity contribution in [1.82, 2.24) is 0 Å². The van der Waals surface area contributed by atoms with Crippen molar-refractivity contribution >= 4 is 11.8 Å². The second-order valence-corrected chi connectivity index (χ2v) is 8.36. The molecule has 2 aliphatic heterocycles. The molecule has 13 nitrogen and oxygen atoms in total. The van der Waals surface area contributed by atoms with Gasteiger partial charge in [0.1, 0.15) is 53.8 Å². The molecule has 2 aliphatic rings. The second-order valence-electron chi connectivity index (χ2n) is 8.36. The number of rotatable bonds is 5. The van der Waals surface area contributed by atoms with E-state index < -0.39 is 84.3 Å². The minimum absolute atomic E-state index is 0.125. The Bertz CT molecular complexity index is 1160. The van der Waals surface area contributed by atoms with E-state index in [4.69, 9.17) is 18.9 Å². The third kappa shape index (κ3) is 4.74. The summed E-state index contributed by atoms with van der Waals surface area (Å²) in [5.74, 6) is -3.78. The van der Waals surface area contributed by atoms with Gasteiger partial charge in [-0.2, -0.15) is 0 Å². The van der Waals surface area contributed by atoms with Crippen LogP contribution in [0.5, 0.6) is 28.7 Å². The van der Waals surface area contributed by atoms with Crippen molar-refractivity contribution in [3.63, 3.8) is 0 Å². The summed E-state index contributed by atoms with van der Waals surface area (Å²) < 4.78 is 21.8. The molecular formula is C23H24O13. The monoisotopic (exact) mass is 508 g/mol. The van der Waals surface area contributed by atoms with Crippen molar-refractivity contribution in [3.8, 4) is 28.7 Å². The number of hydrogen-bond donors (Lipinski definition) is 7. The standard InChI is InChI=1S/C23H24O13/c1-8(24)33-7-15-17(29)19(31)20(32)23(35-15)36-22-18(30)16-13(28)5-10(25)6-14(16)34-21(22)9-2-3-11(26)12(27)4-9/h2-6,15,17,19-23,25-29,31-32H,7H2,1H3/t15-,17-,19+,20-,21?,22?,23+/m1/s1. The number of fused-ring (bicyclic) bond motifs is 1. The zero-order valence-corrected chi connectivity index (χ0v) is 18.7. The van der Waals surface area contributed by atoms with Gasteiger partial charge in [0.15, 0.2) is 30.0 Å². The lowest BCUT2D eigenvalue weighted by Crippen LogP contribution is -2.60.